The summed E-state index contributed by atoms with van der Waals surface area (Å²) in [4.78, 5) is 28.6. The zero-order chi connectivity index (χ0) is 14.2. The smallest absolute Gasteiger partial charge is 0.245 e. The van der Waals surface area contributed by atoms with Gasteiger partial charge >= 0.3 is 0 Å². The molecule has 2 saturated heterocycles. The number of piperazine rings is 1. The molecular formula is C16H26N2O2. The molecular weight excluding hydrogens is 252 g/mol. The molecule has 2 amide bonds. The van der Waals surface area contributed by atoms with Crippen molar-refractivity contribution < 1.29 is 9.59 Å². The Kier molecular flexibility index (Phi) is 3.74. The molecule has 4 heteroatoms. The molecule has 3 fully saturated rings. The van der Waals surface area contributed by atoms with Crippen LogP contribution in [0.3, 0.4) is 0 Å². The number of piperidine rings is 1. The number of hydrogen-bond acceptors (Lipinski definition) is 2. The Morgan fingerprint density at radius 1 is 1.10 bits per heavy atom. The first-order valence-electron chi connectivity index (χ1n) is 8.17. The predicted octanol–water partition coefficient (Wildman–Crippen LogP) is 2.18. The second-order valence-corrected chi connectivity index (χ2v) is 7.16. The summed E-state index contributed by atoms with van der Waals surface area (Å²) >= 11 is 0. The maximum atomic E-state index is 12.7. The van der Waals surface area contributed by atoms with Crippen molar-refractivity contribution in [2.45, 2.75) is 64.3 Å². The first-order chi connectivity index (χ1) is 9.59. The largest absolute Gasteiger partial charge is 0.331 e. The van der Waals surface area contributed by atoms with Crippen LogP contribution in [0.15, 0.2) is 0 Å². The first-order valence-corrected chi connectivity index (χ1v) is 8.17. The third-order valence-corrected chi connectivity index (χ3v) is 5.38. The molecule has 1 aliphatic carbocycles. The molecule has 0 bridgehead atoms. The fourth-order valence-corrected chi connectivity index (χ4v) is 4.19. The summed E-state index contributed by atoms with van der Waals surface area (Å²) in [5, 5.41) is 0. The lowest BCUT2D eigenvalue weighted by atomic mass is 9.75. The maximum Gasteiger partial charge on any atom is 0.245 e. The van der Waals surface area contributed by atoms with Gasteiger partial charge in [-0.15, -0.1) is 0 Å². The third kappa shape index (κ3) is 2.57. The van der Waals surface area contributed by atoms with Crippen LogP contribution in [0.4, 0.5) is 0 Å². The van der Waals surface area contributed by atoms with Crippen LogP contribution in [0.1, 0.15) is 58.3 Å². The van der Waals surface area contributed by atoms with Crippen molar-refractivity contribution in [1.29, 1.82) is 0 Å². The Morgan fingerprint density at radius 2 is 1.85 bits per heavy atom. The maximum absolute atomic E-state index is 12.7. The molecule has 4 nitrogen and oxygen atoms in total. The Morgan fingerprint density at radius 3 is 2.60 bits per heavy atom. The van der Waals surface area contributed by atoms with Crippen LogP contribution in [0.2, 0.25) is 0 Å². The zero-order valence-corrected chi connectivity index (χ0v) is 12.6. The van der Waals surface area contributed by atoms with E-state index in [0.29, 0.717) is 6.54 Å². The lowest BCUT2D eigenvalue weighted by molar-refractivity contribution is -0.159. The topological polar surface area (TPSA) is 40.6 Å². The fraction of sp³-hybridized carbons (Fsp3) is 0.875. The van der Waals surface area contributed by atoms with Crippen LogP contribution >= 0.6 is 0 Å². The molecule has 0 aromatic carbocycles. The van der Waals surface area contributed by atoms with Crippen molar-refractivity contribution >= 4 is 11.8 Å². The van der Waals surface area contributed by atoms with E-state index in [9.17, 15) is 9.59 Å². The Labute approximate surface area is 121 Å². The van der Waals surface area contributed by atoms with E-state index in [4.69, 9.17) is 0 Å². The van der Waals surface area contributed by atoms with Gasteiger partial charge in [-0.3, -0.25) is 9.59 Å². The highest BCUT2D eigenvalue weighted by molar-refractivity contribution is 5.95. The van der Waals surface area contributed by atoms with Crippen LogP contribution in [-0.4, -0.2) is 47.3 Å². The highest BCUT2D eigenvalue weighted by Crippen LogP contribution is 2.37. The molecule has 0 radical (unpaired) electrons. The highest BCUT2D eigenvalue weighted by atomic mass is 16.2. The zero-order valence-electron chi connectivity index (χ0n) is 12.6. The molecule has 2 heterocycles. The quantitative estimate of drug-likeness (QED) is 0.777. The molecule has 0 aromatic rings. The van der Waals surface area contributed by atoms with Crippen molar-refractivity contribution in [3.8, 4) is 0 Å². The van der Waals surface area contributed by atoms with E-state index in [1.165, 1.54) is 32.1 Å². The summed E-state index contributed by atoms with van der Waals surface area (Å²) in [6.45, 7) is 4.16. The average molecular weight is 278 g/mol. The van der Waals surface area contributed by atoms with Crippen molar-refractivity contribution in [2.75, 3.05) is 19.6 Å². The first kappa shape index (κ1) is 13.9. The molecule has 0 N–H and O–H groups in total. The van der Waals surface area contributed by atoms with Gasteiger partial charge < -0.3 is 9.80 Å². The Balaban J connectivity index is 1.70. The van der Waals surface area contributed by atoms with Gasteiger partial charge in [0.15, 0.2) is 0 Å². The summed E-state index contributed by atoms with van der Waals surface area (Å²) in [6, 6.07) is -0.155. The molecule has 3 rings (SSSR count). The minimum Gasteiger partial charge on any atom is -0.331 e. The lowest BCUT2D eigenvalue weighted by Crippen LogP contribution is -2.62. The number of hydrogen-bond donors (Lipinski definition) is 0. The summed E-state index contributed by atoms with van der Waals surface area (Å²) < 4.78 is 0. The Hall–Kier alpha value is -1.06. The highest BCUT2D eigenvalue weighted by Gasteiger charge is 2.42. The predicted molar refractivity (Wildman–Crippen MR) is 77.1 cm³/mol. The molecule has 0 aromatic heterocycles. The Bertz CT molecular complexity index is 401. The van der Waals surface area contributed by atoms with E-state index in [1.54, 1.807) is 0 Å². The van der Waals surface area contributed by atoms with Crippen LogP contribution in [-0.2, 0) is 9.59 Å². The third-order valence-electron chi connectivity index (χ3n) is 5.38. The number of carbonyl (C=O) groups excluding carboxylic acids is 2. The standard InChI is InChI=1S/C16H26N2O2/c1-16(8-4-2-5-9-16)12-17-11-14(19)18-10-6-3-7-13(18)15(17)20/h13H,2-12H2,1H3. The fourth-order valence-electron chi connectivity index (χ4n) is 4.19. The lowest BCUT2D eigenvalue weighted by Gasteiger charge is -2.46. The van der Waals surface area contributed by atoms with E-state index >= 15 is 0 Å². The number of fused-ring (bicyclic) bond motifs is 1. The van der Waals surface area contributed by atoms with Gasteiger partial charge in [-0.05, 0) is 37.5 Å². The molecule has 20 heavy (non-hydrogen) atoms. The van der Waals surface area contributed by atoms with Gasteiger partial charge in [0.25, 0.3) is 0 Å². The van der Waals surface area contributed by atoms with E-state index in [1.807, 2.05) is 9.80 Å². The van der Waals surface area contributed by atoms with Gasteiger partial charge in [0, 0.05) is 13.1 Å². The van der Waals surface area contributed by atoms with Crippen molar-refractivity contribution in [1.82, 2.24) is 9.80 Å². The molecule has 1 unspecified atom stereocenters. The monoisotopic (exact) mass is 278 g/mol. The van der Waals surface area contributed by atoms with Crippen LogP contribution < -0.4 is 0 Å². The summed E-state index contributed by atoms with van der Waals surface area (Å²) in [6.07, 6.45) is 9.22. The van der Waals surface area contributed by atoms with E-state index in [0.717, 1.165) is 32.4 Å². The van der Waals surface area contributed by atoms with Crippen LogP contribution in [0.5, 0.6) is 0 Å². The SMILES string of the molecule is CC1(CN2CC(=O)N3CCCCC3C2=O)CCCCC1. The molecule has 1 atom stereocenters. The van der Waals surface area contributed by atoms with Gasteiger partial charge in [0.2, 0.25) is 11.8 Å². The molecule has 112 valence electrons. The van der Waals surface area contributed by atoms with E-state index in [2.05, 4.69) is 6.92 Å². The van der Waals surface area contributed by atoms with Crippen molar-refractivity contribution in [3.63, 3.8) is 0 Å². The minimum atomic E-state index is -0.155. The number of amides is 2. The van der Waals surface area contributed by atoms with E-state index in [-0.39, 0.29) is 23.3 Å². The number of nitrogens with zero attached hydrogens (tertiary/aromatic N) is 2. The second-order valence-electron chi connectivity index (χ2n) is 7.16. The number of carbonyl (C=O) groups is 2. The summed E-state index contributed by atoms with van der Waals surface area (Å²) in [5.41, 5.74) is 0.227. The second kappa shape index (κ2) is 5.38. The molecule has 2 aliphatic heterocycles. The van der Waals surface area contributed by atoms with Crippen molar-refractivity contribution in [2.24, 2.45) is 5.41 Å². The van der Waals surface area contributed by atoms with Gasteiger partial charge in [-0.25, -0.2) is 0 Å². The van der Waals surface area contributed by atoms with Crippen molar-refractivity contribution in [3.05, 3.63) is 0 Å². The van der Waals surface area contributed by atoms with Crippen LogP contribution in [0.25, 0.3) is 0 Å². The molecule has 1 saturated carbocycles. The van der Waals surface area contributed by atoms with Gasteiger partial charge in [0.1, 0.15) is 6.04 Å². The normalized spacial score (nSPS) is 30.4. The summed E-state index contributed by atoms with van der Waals surface area (Å²) in [7, 11) is 0. The molecule has 3 aliphatic rings. The van der Waals surface area contributed by atoms with Gasteiger partial charge in [-0.2, -0.15) is 0 Å². The van der Waals surface area contributed by atoms with Gasteiger partial charge in [0.05, 0.1) is 6.54 Å². The number of rotatable bonds is 2. The van der Waals surface area contributed by atoms with E-state index < -0.39 is 0 Å². The summed E-state index contributed by atoms with van der Waals surface area (Å²) in [5.74, 6) is 0.366. The van der Waals surface area contributed by atoms with Gasteiger partial charge in [-0.1, -0.05) is 26.2 Å². The average Bonchev–Trinajstić information content (AvgIpc) is 2.45. The minimum absolute atomic E-state index is 0.155. The molecule has 0 spiro atoms. The van der Waals surface area contributed by atoms with Crippen LogP contribution in [0, 0.1) is 5.41 Å².